The first-order chi connectivity index (χ1) is 8.74. The van der Waals surface area contributed by atoms with Crippen LogP contribution < -0.4 is 15.4 Å². The highest BCUT2D eigenvalue weighted by molar-refractivity contribution is 5.60. The van der Waals surface area contributed by atoms with Crippen molar-refractivity contribution in [1.82, 2.24) is 0 Å². The molecule has 0 amide bonds. The minimum Gasteiger partial charge on any atom is -0.490 e. The molecule has 0 bridgehead atoms. The Labute approximate surface area is 110 Å². The maximum absolute atomic E-state index is 5.71. The maximum Gasteiger partial charge on any atom is 0.142 e. The molecule has 0 unspecified atom stereocenters. The number of anilines is 1. The molecule has 1 aliphatic heterocycles. The number of benzene rings is 1. The van der Waals surface area contributed by atoms with Gasteiger partial charge in [0.25, 0.3) is 0 Å². The second kappa shape index (κ2) is 5.61. The number of nitrogens with two attached hydrogens (primary N) is 1. The Balaban J connectivity index is 2.06. The van der Waals surface area contributed by atoms with E-state index in [1.807, 2.05) is 12.1 Å². The number of hydrogen-bond donors (Lipinski definition) is 1. The van der Waals surface area contributed by atoms with Gasteiger partial charge in [-0.2, -0.15) is 0 Å². The van der Waals surface area contributed by atoms with Crippen molar-refractivity contribution < 1.29 is 4.74 Å². The monoisotopic (exact) mass is 248 g/mol. The molecular formula is C15H24N2O. The van der Waals surface area contributed by atoms with E-state index in [1.165, 1.54) is 18.5 Å². The number of para-hydroxylation sites is 2. The van der Waals surface area contributed by atoms with Gasteiger partial charge in [-0.25, -0.2) is 0 Å². The van der Waals surface area contributed by atoms with Gasteiger partial charge >= 0.3 is 0 Å². The van der Waals surface area contributed by atoms with Gasteiger partial charge < -0.3 is 15.4 Å². The van der Waals surface area contributed by atoms with E-state index in [4.69, 9.17) is 10.5 Å². The van der Waals surface area contributed by atoms with Gasteiger partial charge in [0.2, 0.25) is 0 Å². The molecular weight excluding hydrogens is 224 g/mol. The molecule has 1 aromatic carbocycles. The van der Waals surface area contributed by atoms with Gasteiger partial charge in [0.15, 0.2) is 0 Å². The summed E-state index contributed by atoms with van der Waals surface area (Å²) >= 11 is 0. The van der Waals surface area contributed by atoms with Crippen molar-refractivity contribution in [2.45, 2.75) is 26.7 Å². The molecule has 0 aliphatic carbocycles. The van der Waals surface area contributed by atoms with Crippen molar-refractivity contribution in [3.63, 3.8) is 0 Å². The van der Waals surface area contributed by atoms with Crippen LogP contribution >= 0.6 is 0 Å². The first kappa shape index (κ1) is 13.2. The third-order valence-corrected chi connectivity index (χ3v) is 4.13. The average Bonchev–Trinajstić information content (AvgIpc) is 2.37. The Morgan fingerprint density at radius 1 is 1.22 bits per heavy atom. The quantitative estimate of drug-likeness (QED) is 0.841. The second-order valence-corrected chi connectivity index (χ2v) is 5.17. The van der Waals surface area contributed by atoms with E-state index in [1.54, 1.807) is 0 Å². The van der Waals surface area contributed by atoms with Crippen LogP contribution in [0.15, 0.2) is 24.3 Å². The summed E-state index contributed by atoms with van der Waals surface area (Å²) in [4.78, 5) is 2.42. The topological polar surface area (TPSA) is 38.5 Å². The first-order valence-corrected chi connectivity index (χ1v) is 6.91. The summed E-state index contributed by atoms with van der Waals surface area (Å²) in [6.45, 7) is 8.00. The molecule has 2 N–H and O–H groups in total. The smallest absolute Gasteiger partial charge is 0.142 e. The van der Waals surface area contributed by atoms with Gasteiger partial charge in [-0.3, -0.25) is 0 Å². The van der Waals surface area contributed by atoms with Crippen LogP contribution in [-0.2, 0) is 0 Å². The Morgan fingerprint density at radius 3 is 2.50 bits per heavy atom. The summed E-state index contributed by atoms with van der Waals surface area (Å²) < 4.78 is 5.71. The SMILES string of the molecule is CCC1(CC)CN(c2ccccc2OCCN)C1. The molecule has 0 spiro atoms. The van der Waals surface area contributed by atoms with E-state index in [-0.39, 0.29) is 0 Å². The van der Waals surface area contributed by atoms with Crippen molar-refractivity contribution in [3.05, 3.63) is 24.3 Å². The zero-order valence-electron chi connectivity index (χ0n) is 11.5. The van der Waals surface area contributed by atoms with E-state index in [9.17, 15) is 0 Å². The van der Waals surface area contributed by atoms with Gasteiger partial charge in [0.1, 0.15) is 12.4 Å². The fraction of sp³-hybridized carbons (Fsp3) is 0.600. The molecule has 1 aromatic rings. The Bertz CT molecular complexity index is 380. The van der Waals surface area contributed by atoms with Gasteiger partial charge in [-0.1, -0.05) is 26.0 Å². The second-order valence-electron chi connectivity index (χ2n) is 5.17. The molecule has 1 aliphatic rings. The first-order valence-electron chi connectivity index (χ1n) is 6.91. The Morgan fingerprint density at radius 2 is 1.89 bits per heavy atom. The predicted molar refractivity (Wildman–Crippen MR) is 76.2 cm³/mol. The van der Waals surface area contributed by atoms with Crippen molar-refractivity contribution >= 4 is 5.69 Å². The van der Waals surface area contributed by atoms with E-state index in [0.717, 1.165) is 18.8 Å². The molecule has 1 heterocycles. The summed E-state index contributed by atoms with van der Waals surface area (Å²) in [6, 6.07) is 8.26. The van der Waals surface area contributed by atoms with Gasteiger partial charge in [0.05, 0.1) is 5.69 Å². The van der Waals surface area contributed by atoms with Crippen molar-refractivity contribution in [1.29, 1.82) is 0 Å². The maximum atomic E-state index is 5.71. The van der Waals surface area contributed by atoms with Gasteiger partial charge in [0, 0.05) is 25.0 Å². The van der Waals surface area contributed by atoms with Crippen molar-refractivity contribution in [2.24, 2.45) is 11.1 Å². The van der Waals surface area contributed by atoms with Crippen LogP contribution in [0.1, 0.15) is 26.7 Å². The van der Waals surface area contributed by atoms with Crippen LogP contribution in [0.25, 0.3) is 0 Å². The molecule has 0 saturated carbocycles. The van der Waals surface area contributed by atoms with Crippen LogP contribution in [0.3, 0.4) is 0 Å². The summed E-state index contributed by atoms with van der Waals surface area (Å²) in [7, 11) is 0. The highest BCUT2D eigenvalue weighted by Gasteiger charge is 2.40. The van der Waals surface area contributed by atoms with Crippen LogP contribution in [-0.4, -0.2) is 26.2 Å². The average molecular weight is 248 g/mol. The van der Waals surface area contributed by atoms with Gasteiger partial charge in [-0.05, 0) is 25.0 Å². The largest absolute Gasteiger partial charge is 0.490 e. The lowest BCUT2D eigenvalue weighted by molar-refractivity contribution is 0.192. The Kier molecular flexibility index (Phi) is 4.12. The molecule has 18 heavy (non-hydrogen) atoms. The normalized spacial score (nSPS) is 17.4. The lowest BCUT2D eigenvalue weighted by atomic mass is 9.75. The number of ether oxygens (including phenoxy) is 1. The molecule has 0 atom stereocenters. The lowest BCUT2D eigenvalue weighted by Crippen LogP contribution is -2.56. The Hall–Kier alpha value is -1.22. The van der Waals surface area contributed by atoms with Crippen LogP contribution in [0.5, 0.6) is 5.75 Å². The summed E-state index contributed by atoms with van der Waals surface area (Å²) in [5.74, 6) is 0.962. The van der Waals surface area contributed by atoms with Gasteiger partial charge in [-0.15, -0.1) is 0 Å². The van der Waals surface area contributed by atoms with E-state index < -0.39 is 0 Å². The predicted octanol–water partition coefficient (Wildman–Crippen LogP) is 2.65. The van der Waals surface area contributed by atoms with Crippen molar-refractivity contribution in [3.8, 4) is 5.75 Å². The minimum atomic E-state index is 0.515. The summed E-state index contributed by atoms with van der Waals surface area (Å²) in [5, 5.41) is 0. The standard InChI is InChI=1S/C15H24N2O/c1-3-15(4-2)11-17(12-15)13-7-5-6-8-14(13)18-10-9-16/h5-8H,3-4,9-12,16H2,1-2H3. The summed E-state index contributed by atoms with van der Waals surface area (Å²) in [6.07, 6.45) is 2.51. The van der Waals surface area contributed by atoms with E-state index in [2.05, 4.69) is 30.9 Å². The number of nitrogens with zero attached hydrogens (tertiary/aromatic N) is 1. The van der Waals surface area contributed by atoms with Crippen LogP contribution in [0, 0.1) is 5.41 Å². The lowest BCUT2D eigenvalue weighted by Gasteiger charge is -2.51. The fourth-order valence-corrected chi connectivity index (χ4v) is 2.64. The number of hydrogen-bond acceptors (Lipinski definition) is 3. The fourth-order valence-electron chi connectivity index (χ4n) is 2.64. The zero-order valence-corrected chi connectivity index (χ0v) is 11.5. The molecule has 3 nitrogen and oxygen atoms in total. The molecule has 0 radical (unpaired) electrons. The zero-order chi connectivity index (χ0) is 13.0. The highest BCUT2D eigenvalue weighted by atomic mass is 16.5. The van der Waals surface area contributed by atoms with E-state index in [0.29, 0.717) is 18.6 Å². The minimum absolute atomic E-state index is 0.515. The number of rotatable bonds is 6. The van der Waals surface area contributed by atoms with Crippen LogP contribution in [0.2, 0.25) is 0 Å². The molecule has 0 aromatic heterocycles. The summed E-state index contributed by atoms with van der Waals surface area (Å²) in [5.41, 5.74) is 7.22. The third-order valence-electron chi connectivity index (χ3n) is 4.13. The molecule has 100 valence electrons. The highest BCUT2D eigenvalue weighted by Crippen LogP contribution is 2.42. The third kappa shape index (κ3) is 2.46. The molecule has 2 rings (SSSR count). The van der Waals surface area contributed by atoms with Crippen LogP contribution in [0.4, 0.5) is 5.69 Å². The molecule has 1 fully saturated rings. The molecule has 3 heteroatoms. The molecule has 1 saturated heterocycles. The van der Waals surface area contributed by atoms with Crippen molar-refractivity contribution in [2.75, 3.05) is 31.1 Å². The van der Waals surface area contributed by atoms with E-state index >= 15 is 0 Å².